The number of hydrogen-bond acceptors (Lipinski definition) is 5. The molecule has 6 nitrogen and oxygen atoms in total. The predicted molar refractivity (Wildman–Crippen MR) is 84.9 cm³/mol. The van der Waals surface area contributed by atoms with Crippen molar-refractivity contribution < 1.29 is 14.6 Å². The molecular formula is C16H27N3O3. The van der Waals surface area contributed by atoms with E-state index < -0.39 is 0 Å². The van der Waals surface area contributed by atoms with Gasteiger partial charge < -0.3 is 19.9 Å². The third kappa shape index (κ3) is 3.88. The van der Waals surface area contributed by atoms with Crippen LogP contribution in [0.2, 0.25) is 0 Å². The summed E-state index contributed by atoms with van der Waals surface area (Å²) in [6, 6.07) is 0. The molecule has 0 atom stereocenters. The Balaban J connectivity index is 1.97. The number of aliphatic hydroxyl groups is 1. The topological polar surface area (TPSA) is 68.5 Å². The van der Waals surface area contributed by atoms with Gasteiger partial charge >= 0.3 is 0 Å². The largest absolute Gasteiger partial charge is 0.473 e. The summed E-state index contributed by atoms with van der Waals surface area (Å²) in [6.45, 7) is 9.20. The molecule has 0 bridgehead atoms. The average Bonchev–Trinajstić information content (AvgIpc) is 2.80. The van der Waals surface area contributed by atoms with Crippen LogP contribution in [-0.4, -0.2) is 47.9 Å². The van der Waals surface area contributed by atoms with Crippen LogP contribution in [0, 0.1) is 12.3 Å². The Hall–Kier alpha value is -1.37. The van der Waals surface area contributed by atoms with E-state index in [1.165, 1.54) is 0 Å². The van der Waals surface area contributed by atoms with Crippen molar-refractivity contribution in [3.8, 4) is 5.88 Å². The second-order valence-electron chi connectivity index (χ2n) is 5.97. The summed E-state index contributed by atoms with van der Waals surface area (Å²) >= 11 is 0. The molecule has 1 fully saturated rings. The van der Waals surface area contributed by atoms with Gasteiger partial charge in [0.15, 0.2) is 0 Å². The van der Waals surface area contributed by atoms with Gasteiger partial charge in [-0.25, -0.2) is 4.68 Å². The molecular weight excluding hydrogens is 282 g/mol. The lowest BCUT2D eigenvalue weighted by molar-refractivity contribution is -0.0154. The summed E-state index contributed by atoms with van der Waals surface area (Å²) in [7, 11) is 1.88. The standard InChI is InChI=1S/C16H27N3O3/c1-4-7-22-15-14(13(2)18-19(15)3)10-17-11-16(12-20)5-8-21-9-6-16/h4,17,20H,1,5-12H2,2-3H3. The molecule has 0 amide bonds. The molecule has 1 aromatic rings. The highest BCUT2D eigenvalue weighted by atomic mass is 16.5. The third-order valence-electron chi connectivity index (χ3n) is 4.32. The first-order valence-electron chi connectivity index (χ1n) is 7.77. The molecule has 1 aromatic heterocycles. The van der Waals surface area contributed by atoms with Crippen LogP contribution < -0.4 is 10.1 Å². The molecule has 22 heavy (non-hydrogen) atoms. The van der Waals surface area contributed by atoms with Crippen LogP contribution in [0.5, 0.6) is 5.88 Å². The molecule has 124 valence electrons. The van der Waals surface area contributed by atoms with Crippen LogP contribution in [0.25, 0.3) is 0 Å². The van der Waals surface area contributed by atoms with E-state index in [1.807, 2.05) is 14.0 Å². The smallest absolute Gasteiger partial charge is 0.216 e. The summed E-state index contributed by atoms with van der Waals surface area (Å²) < 4.78 is 12.9. The molecule has 1 aliphatic heterocycles. The Labute approximate surface area is 132 Å². The first kappa shape index (κ1) is 17.0. The van der Waals surface area contributed by atoms with Gasteiger partial charge in [-0.1, -0.05) is 12.7 Å². The normalized spacial score (nSPS) is 17.4. The van der Waals surface area contributed by atoms with Gasteiger partial charge in [0.1, 0.15) is 6.61 Å². The molecule has 1 aliphatic rings. The zero-order valence-corrected chi connectivity index (χ0v) is 13.6. The first-order chi connectivity index (χ1) is 10.6. The molecule has 2 N–H and O–H groups in total. The van der Waals surface area contributed by atoms with Crippen molar-refractivity contribution in [3.63, 3.8) is 0 Å². The first-order valence-corrected chi connectivity index (χ1v) is 7.77. The summed E-state index contributed by atoms with van der Waals surface area (Å²) in [5.41, 5.74) is 1.94. The minimum absolute atomic E-state index is 0.0729. The summed E-state index contributed by atoms with van der Waals surface area (Å²) in [4.78, 5) is 0. The van der Waals surface area contributed by atoms with E-state index in [2.05, 4.69) is 17.0 Å². The van der Waals surface area contributed by atoms with Crippen LogP contribution in [0.15, 0.2) is 12.7 Å². The molecule has 1 saturated heterocycles. The van der Waals surface area contributed by atoms with E-state index >= 15 is 0 Å². The maximum Gasteiger partial charge on any atom is 0.216 e. The van der Waals surface area contributed by atoms with E-state index in [9.17, 15) is 5.11 Å². The van der Waals surface area contributed by atoms with Gasteiger partial charge in [0.05, 0.1) is 17.9 Å². The van der Waals surface area contributed by atoms with Crippen molar-refractivity contribution in [1.29, 1.82) is 0 Å². The lowest BCUT2D eigenvalue weighted by atomic mass is 9.81. The zero-order valence-electron chi connectivity index (χ0n) is 13.6. The van der Waals surface area contributed by atoms with Crippen LogP contribution in [-0.2, 0) is 18.3 Å². The fourth-order valence-corrected chi connectivity index (χ4v) is 2.85. The minimum atomic E-state index is -0.0729. The highest BCUT2D eigenvalue weighted by Gasteiger charge is 2.31. The van der Waals surface area contributed by atoms with Crippen molar-refractivity contribution in [2.24, 2.45) is 12.5 Å². The molecule has 0 spiro atoms. The van der Waals surface area contributed by atoms with E-state index in [4.69, 9.17) is 9.47 Å². The predicted octanol–water partition coefficient (Wildman–Crippen LogP) is 1.17. The van der Waals surface area contributed by atoms with Gasteiger partial charge in [-0.3, -0.25) is 0 Å². The van der Waals surface area contributed by atoms with Crippen LogP contribution in [0.3, 0.4) is 0 Å². The number of aromatic nitrogens is 2. The number of nitrogens with one attached hydrogen (secondary N) is 1. The Bertz CT molecular complexity index is 493. The van der Waals surface area contributed by atoms with Crippen molar-refractivity contribution in [1.82, 2.24) is 15.1 Å². The SMILES string of the molecule is C=CCOc1c(CNCC2(CO)CCOCC2)c(C)nn1C. The van der Waals surface area contributed by atoms with Crippen LogP contribution in [0.4, 0.5) is 0 Å². The van der Waals surface area contributed by atoms with Crippen molar-refractivity contribution in [3.05, 3.63) is 23.9 Å². The van der Waals surface area contributed by atoms with E-state index in [1.54, 1.807) is 10.8 Å². The second kappa shape index (κ2) is 7.76. The molecule has 0 saturated carbocycles. The second-order valence-corrected chi connectivity index (χ2v) is 5.97. The molecule has 2 heterocycles. The average molecular weight is 309 g/mol. The quantitative estimate of drug-likeness (QED) is 0.706. The maximum atomic E-state index is 9.72. The molecule has 0 unspecified atom stereocenters. The van der Waals surface area contributed by atoms with Crippen LogP contribution >= 0.6 is 0 Å². The van der Waals surface area contributed by atoms with Crippen molar-refractivity contribution in [2.45, 2.75) is 26.3 Å². The number of rotatable bonds is 8. The third-order valence-corrected chi connectivity index (χ3v) is 4.32. The fourth-order valence-electron chi connectivity index (χ4n) is 2.85. The number of nitrogens with zero attached hydrogens (tertiary/aromatic N) is 2. The molecule has 0 aliphatic carbocycles. The molecule has 0 aromatic carbocycles. The highest BCUT2D eigenvalue weighted by Crippen LogP contribution is 2.29. The lowest BCUT2D eigenvalue weighted by Gasteiger charge is -2.35. The number of aryl methyl sites for hydroxylation is 2. The number of ether oxygens (including phenoxy) is 2. The number of hydrogen-bond donors (Lipinski definition) is 2. The fraction of sp³-hybridized carbons (Fsp3) is 0.688. The summed E-state index contributed by atoms with van der Waals surface area (Å²) in [5, 5.41) is 17.6. The maximum absolute atomic E-state index is 9.72. The van der Waals surface area contributed by atoms with Gasteiger partial charge in [0, 0.05) is 38.8 Å². The number of aliphatic hydroxyl groups excluding tert-OH is 1. The van der Waals surface area contributed by atoms with E-state index in [-0.39, 0.29) is 12.0 Å². The lowest BCUT2D eigenvalue weighted by Crippen LogP contribution is -2.41. The highest BCUT2D eigenvalue weighted by molar-refractivity contribution is 5.31. The summed E-state index contributed by atoms with van der Waals surface area (Å²) in [5.74, 6) is 0.773. The van der Waals surface area contributed by atoms with Gasteiger partial charge in [-0.15, -0.1) is 0 Å². The summed E-state index contributed by atoms with van der Waals surface area (Å²) in [6.07, 6.45) is 3.51. The molecule has 2 rings (SSSR count). The zero-order chi connectivity index (χ0) is 16.0. The van der Waals surface area contributed by atoms with Gasteiger partial charge in [-0.2, -0.15) is 5.10 Å². The van der Waals surface area contributed by atoms with Gasteiger partial charge in [0.2, 0.25) is 5.88 Å². The van der Waals surface area contributed by atoms with Gasteiger partial charge in [0.25, 0.3) is 0 Å². The molecule has 0 radical (unpaired) electrons. The van der Waals surface area contributed by atoms with Crippen LogP contribution in [0.1, 0.15) is 24.1 Å². The Morgan fingerprint density at radius 3 is 2.86 bits per heavy atom. The Morgan fingerprint density at radius 2 is 2.23 bits per heavy atom. The monoisotopic (exact) mass is 309 g/mol. The van der Waals surface area contributed by atoms with Crippen molar-refractivity contribution in [2.75, 3.05) is 33.0 Å². The van der Waals surface area contributed by atoms with E-state index in [0.29, 0.717) is 13.2 Å². The van der Waals surface area contributed by atoms with Crippen molar-refractivity contribution >= 4 is 0 Å². The van der Waals surface area contributed by atoms with E-state index in [0.717, 1.165) is 49.7 Å². The molecule has 6 heteroatoms. The Morgan fingerprint density at radius 1 is 1.50 bits per heavy atom. The Kier molecular flexibility index (Phi) is 5.99. The van der Waals surface area contributed by atoms with Gasteiger partial charge in [-0.05, 0) is 19.8 Å². The minimum Gasteiger partial charge on any atom is -0.473 e.